The normalized spacial score (nSPS) is 10.4. The lowest BCUT2D eigenvalue weighted by atomic mass is 9.98. The maximum atomic E-state index is 5.48. The zero-order valence-corrected chi connectivity index (χ0v) is 15.6. The number of hydrogen-bond acceptors (Lipinski definition) is 3. The summed E-state index contributed by atoms with van der Waals surface area (Å²) in [6, 6.07) is 11.8. The maximum absolute atomic E-state index is 5.48. The van der Waals surface area contributed by atoms with Crippen molar-refractivity contribution in [2.45, 2.75) is 26.7 Å². The Kier molecular flexibility index (Phi) is 6.04. The quantitative estimate of drug-likeness (QED) is 0.752. The predicted octanol–water partition coefficient (Wildman–Crippen LogP) is 4.94. The number of aryl methyl sites for hydroxylation is 1. The van der Waals surface area contributed by atoms with E-state index in [1.165, 1.54) is 5.56 Å². The number of hydrogen-bond donors (Lipinski definition) is 2. The molecular weight excluding hydrogens is 320 g/mol. The second-order valence-corrected chi connectivity index (χ2v) is 6.28. The van der Waals surface area contributed by atoms with Crippen LogP contribution in [0.3, 0.4) is 0 Å². The zero-order chi connectivity index (χ0) is 17.7. The molecule has 0 aromatic heterocycles. The summed E-state index contributed by atoms with van der Waals surface area (Å²) in [7, 11) is 3.24. The van der Waals surface area contributed by atoms with Gasteiger partial charge in [-0.2, -0.15) is 0 Å². The minimum absolute atomic E-state index is 0.409. The van der Waals surface area contributed by atoms with Crippen molar-refractivity contribution in [3.8, 4) is 11.5 Å². The van der Waals surface area contributed by atoms with Crippen LogP contribution in [-0.2, 0) is 0 Å². The molecule has 0 spiro atoms. The van der Waals surface area contributed by atoms with Crippen molar-refractivity contribution in [2.24, 2.45) is 0 Å². The third-order valence-corrected chi connectivity index (χ3v) is 3.98. The minimum atomic E-state index is 0.409. The molecule has 0 aliphatic carbocycles. The highest BCUT2D eigenvalue weighted by Gasteiger charge is 2.11. The molecule has 2 N–H and O–H groups in total. The van der Waals surface area contributed by atoms with Gasteiger partial charge in [0.05, 0.1) is 14.2 Å². The maximum Gasteiger partial charge on any atom is 0.175 e. The lowest BCUT2D eigenvalue weighted by molar-refractivity contribution is 0.395. The lowest BCUT2D eigenvalue weighted by Gasteiger charge is -2.19. The van der Waals surface area contributed by atoms with Crippen molar-refractivity contribution in [1.82, 2.24) is 0 Å². The zero-order valence-electron chi connectivity index (χ0n) is 14.8. The number of anilines is 2. The summed E-state index contributed by atoms with van der Waals surface area (Å²) in [6.07, 6.45) is 0. The SMILES string of the molecule is COc1cc(NC(=S)Nc2c(C)cccc2C(C)C)cc(OC)c1. The second-order valence-electron chi connectivity index (χ2n) is 5.87. The van der Waals surface area contributed by atoms with Crippen LogP contribution >= 0.6 is 12.2 Å². The molecule has 0 amide bonds. The van der Waals surface area contributed by atoms with Crippen LogP contribution < -0.4 is 20.1 Å². The highest BCUT2D eigenvalue weighted by atomic mass is 32.1. The molecule has 2 rings (SSSR count). The molecule has 24 heavy (non-hydrogen) atoms. The summed E-state index contributed by atoms with van der Waals surface area (Å²) in [6.45, 7) is 6.41. The topological polar surface area (TPSA) is 42.5 Å². The summed E-state index contributed by atoms with van der Waals surface area (Å²) in [5.41, 5.74) is 4.26. The van der Waals surface area contributed by atoms with Crippen LogP contribution in [0.2, 0.25) is 0 Å². The molecule has 0 bridgehead atoms. The molecular formula is C19H24N2O2S. The molecule has 2 aromatic rings. The van der Waals surface area contributed by atoms with Crippen molar-refractivity contribution < 1.29 is 9.47 Å². The first kappa shape index (κ1) is 18.1. The van der Waals surface area contributed by atoms with Gasteiger partial charge in [0.2, 0.25) is 0 Å². The van der Waals surface area contributed by atoms with E-state index < -0.39 is 0 Å². The summed E-state index contributed by atoms with van der Waals surface area (Å²) in [4.78, 5) is 0. The van der Waals surface area contributed by atoms with Crippen LogP contribution in [0.4, 0.5) is 11.4 Å². The molecule has 0 unspecified atom stereocenters. The molecule has 4 nitrogen and oxygen atoms in total. The Morgan fingerprint density at radius 3 is 2.17 bits per heavy atom. The summed E-state index contributed by atoms with van der Waals surface area (Å²) < 4.78 is 10.6. The first-order chi connectivity index (χ1) is 11.4. The molecule has 0 aliphatic heterocycles. The monoisotopic (exact) mass is 344 g/mol. The van der Waals surface area contributed by atoms with Crippen LogP contribution in [0.1, 0.15) is 30.9 Å². The van der Waals surface area contributed by atoms with Crippen LogP contribution in [-0.4, -0.2) is 19.3 Å². The van der Waals surface area contributed by atoms with Gasteiger partial charge in [0, 0.05) is 29.6 Å². The Morgan fingerprint density at radius 1 is 1.00 bits per heavy atom. The van der Waals surface area contributed by atoms with E-state index in [2.05, 4.69) is 49.6 Å². The molecule has 0 aliphatic rings. The molecule has 0 heterocycles. The Bertz CT molecular complexity index is 707. The van der Waals surface area contributed by atoms with Crippen LogP contribution in [0, 0.1) is 6.92 Å². The van der Waals surface area contributed by atoms with E-state index in [0.29, 0.717) is 22.5 Å². The van der Waals surface area contributed by atoms with Crippen molar-refractivity contribution in [1.29, 1.82) is 0 Å². The van der Waals surface area contributed by atoms with Gasteiger partial charge in [-0.15, -0.1) is 0 Å². The number of nitrogens with one attached hydrogen (secondary N) is 2. The molecule has 5 heteroatoms. The molecule has 128 valence electrons. The number of methoxy groups -OCH3 is 2. The number of para-hydroxylation sites is 1. The van der Waals surface area contributed by atoms with E-state index in [1.54, 1.807) is 14.2 Å². The van der Waals surface area contributed by atoms with Gasteiger partial charge in [0.25, 0.3) is 0 Å². The highest BCUT2D eigenvalue weighted by Crippen LogP contribution is 2.29. The molecule has 0 saturated carbocycles. The van der Waals surface area contributed by atoms with Gasteiger partial charge in [0.15, 0.2) is 5.11 Å². The van der Waals surface area contributed by atoms with E-state index in [-0.39, 0.29) is 0 Å². The standard InChI is InChI=1S/C19H24N2O2S/c1-12(2)17-8-6-7-13(3)18(17)21-19(24)20-14-9-15(22-4)11-16(10-14)23-5/h6-12H,1-5H3,(H2,20,21,24). The van der Waals surface area contributed by atoms with E-state index in [4.69, 9.17) is 21.7 Å². The Labute approximate surface area is 149 Å². The molecule has 2 aromatic carbocycles. The average Bonchev–Trinajstić information content (AvgIpc) is 2.55. The molecule has 0 atom stereocenters. The van der Waals surface area contributed by atoms with Crippen LogP contribution in [0.25, 0.3) is 0 Å². The molecule has 0 saturated heterocycles. The minimum Gasteiger partial charge on any atom is -0.497 e. The smallest absolute Gasteiger partial charge is 0.175 e. The Hall–Kier alpha value is -2.27. The van der Waals surface area contributed by atoms with Crippen LogP contribution in [0.5, 0.6) is 11.5 Å². The predicted molar refractivity (Wildman–Crippen MR) is 105 cm³/mol. The van der Waals surface area contributed by atoms with E-state index in [1.807, 2.05) is 18.2 Å². The lowest BCUT2D eigenvalue weighted by Crippen LogP contribution is -2.21. The van der Waals surface area contributed by atoms with E-state index in [9.17, 15) is 0 Å². The largest absolute Gasteiger partial charge is 0.497 e. The first-order valence-corrected chi connectivity index (χ1v) is 8.26. The van der Waals surface area contributed by atoms with Crippen LogP contribution in [0.15, 0.2) is 36.4 Å². The van der Waals surface area contributed by atoms with Gasteiger partial charge >= 0.3 is 0 Å². The van der Waals surface area contributed by atoms with Gasteiger partial charge < -0.3 is 20.1 Å². The number of ether oxygens (including phenoxy) is 2. The molecule has 0 fully saturated rings. The van der Waals surface area contributed by atoms with E-state index >= 15 is 0 Å². The van der Waals surface area contributed by atoms with Gasteiger partial charge in [0.1, 0.15) is 11.5 Å². The fraction of sp³-hybridized carbons (Fsp3) is 0.316. The fourth-order valence-electron chi connectivity index (χ4n) is 2.50. The molecule has 0 radical (unpaired) electrons. The van der Waals surface area contributed by atoms with Crippen molar-refractivity contribution in [3.63, 3.8) is 0 Å². The first-order valence-electron chi connectivity index (χ1n) is 7.85. The fourth-order valence-corrected chi connectivity index (χ4v) is 2.72. The number of rotatable bonds is 5. The third kappa shape index (κ3) is 4.38. The number of thiocarbonyl (C=S) groups is 1. The Morgan fingerprint density at radius 2 is 1.62 bits per heavy atom. The third-order valence-electron chi connectivity index (χ3n) is 3.77. The van der Waals surface area contributed by atoms with Gasteiger partial charge in [-0.05, 0) is 36.2 Å². The summed E-state index contributed by atoms with van der Waals surface area (Å²) in [5, 5.41) is 7.04. The van der Waals surface area contributed by atoms with Crippen molar-refractivity contribution in [2.75, 3.05) is 24.9 Å². The second kappa shape index (κ2) is 8.02. The Balaban J connectivity index is 2.20. The summed E-state index contributed by atoms with van der Waals surface area (Å²) >= 11 is 5.48. The van der Waals surface area contributed by atoms with Gasteiger partial charge in [-0.3, -0.25) is 0 Å². The van der Waals surface area contributed by atoms with Crippen molar-refractivity contribution >= 4 is 28.7 Å². The number of benzene rings is 2. The summed E-state index contributed by atoms with van der Waals surface area (Å²) in [5.74, 6) is 1.82. The van der Waals surface area contributed by atoms with Crippen molar-refractivity contribution in [3.05, 3.63) is 47.5 Å². The van der Waals surface area contributed by atoms with E-state index in [0.717, 1.165) is 16.9 Å². The average molecular weight is 344 g/mol. The van der Waals surface area contributed by atoms with Gasteiger partial charge in [-0.25, -0.2) is 0 Å². The van der Waals surface area contributed by atoms with Gasteiger partial charge in [-0.1, -0.05) is 32.0 Å². The highest BCUT2D eigenvalue weighted by molar-refractivity contribution is 7.80.